The van der Waals surface area contributed by atoms with Gasteiger partial charge in [0.05, 0.1) is 5.75 Å². The largest absolute Gasteiger partial charge is 0.358 e. The minimum absolute atomic E-state index is 0.0940. The van der Waals surface area contributed by atoms with Gasteiger partial charge in [0.25, 0.3) is 0 Å². The van der Waals surface area contributed by atoms with Crippen LogP contribution >= 0.6 is 23.1 Å². The minimum Gasteiger partial charge on any atom is -0.358 e. The van der Waals surface area contributed by atoms with E-state index in [1.54, 1.807) is 30.1 Å². The van der Waals surface area contributed by atoms with Crippen molar-refractivity contribution in [1.29, 1.82) is 0 Å². The van der Waals surface area contributed by atoms with Crippen LogP contribution in [-0.4, -0.2) is 18.7 Å². The predicted molar refractivity (Wildman–Crippen MR) is 54.5 cm³/mol. The Bertz CT molecular complexity index is 233. The molecular formula is C8H11NOS2. The Morgan fingerprint density at radius 2 is 2.58 bits per heavy atom. The average molecular weight is 201 g/mol. The molecule has 0 atom stereocenters. The Morgan fingerprint density at radius 1 is 1.75 bits per heavy atom. The quantitative estimate of drug-likeness (QED) is 0.803. The zero-order valence-electron chi connectivity index (χ0n) is 6.87. The number of thioether (sulfide) groups is 1. The fraction of sp³-hybridized carbons (Fsp3) is 0.375. The average Bonchev–Trinajstić information content (AvgIpc) is 2.57. The van der Waals surface area contributed by atoms with Crippen LogP contribution in [0.25, 0.3) is 0 Å². The molecule has 0 bridgehead atoms. The Kier molecular flexibility index (Phi) is 4.18. The van der Waals surface area contributed by atoms with Gasteiger partial charge >= 0.3 is 0 Å². The first kappa shape index (κ1) is 9.61. The number of carbonyl (C=O) groups is 1. The standard InChI is InChI=1S/C8H11NOS2/c1-9-8(10)6-11-5-7-3-2-4-12-7/h2-4H,5-6H2,1H3,(H,9,10). The van der Waals surface area contributed by atoms with Crippen LogP contribution < -0.4 is 5.32 Å². The number of amides is 1. The summed E-state index contributed by atoms with van der Waals surface area (Å²) in [5, 5.41) is 4.64. The molecule has 0 saturated carbocycles. The highest BCUT2D eigenvalue weighted by atomic mass is 32.2. The maximum absolute atomic E-state index is 10.8. The van der Waals surface area contributed by atoms with Crippen LogP contribution in [0, 0.1) is 0 Å². The van der Waals surface area contributed by atoms with Crippen LogP contribution in [0.15, 0.2) is 17.5 Å². The summed E-state index contributed by atoms with van der Waals surface area (Å²) in [5.41, 5.74) is 0. The van der Waals surface area contributed by atoms with Gasteiger partial charge in [-0.05, 0) is 11.4 Å². The number of thiophene rings is 1. The third-order valence-corrected chi connectivity index (χ3v) is 3.38. The summed E-state index contributed by atoms with van der Waals surface area (Å²) < 4.78 is 0. The molecule has 0 fully saturated rings. The van der Waals surface area contributed by atoms with E-state index in [4.69, 9.17) is 0 Å². The molecule has 1 aromatic rings. The van der Waals surface area contributed by atoms with Crippen LogP contribution in [0.2, 0.25) is 0 Å². The van der Waals surface area contributed by atoms with E-state index in [0.29, 0.717) is 5.75 Å². The number of rotatable bonds is 4. The molecule has 1 N–H and O–H groups in total. The van der Waals surface area contributed by atoms with E-state index in [9.17, 15) is 4.79 Å². The number of carbonyl (C=O) groups excluding carboxylic acids is 1. The molecule has 66 valence electrons. The van der Waals surface area contributed by atoms with E-state index in [0.717, 1.165) is 5.75 Å². The van der Waals surface area contributed by atoms with Gasteiger partial charge < -0.3 is 5.32 Å². The van der Waals surface area contributed by atoms with Gasteiger partial charge in [-0.2, -0.15) is 0 Å². The third-order valence-electron chi connectivity index (χ3n) is 1.34. The molecule has 12 heavy (non-hydrogen) atoms. The summed E-state index contributed by atoms with van der Waals surface area (Å²) in [7, 11) is 1.66. The lowest BCUT2D eigenvalue weighted by molar-refractivity contribution is -0.118. The maximum Gasteiger partial charge on any atom is 0.229 e. The second kappa shape index (κ2) is 5.22. The molecule has 1 aromatic heterocycles. The predicted octanol–water partition coefficient (Wildman–Crippen LogP) is 1.73. The molecule has 1 heterocycles. The van der Waals surface area contributed by atoms with E-state index in [1.807, 2.05) is 6.07 Å². The third kappa shape index (κ3) is 3.28. The fourth-order valence-electron chi connectivity index (χ4n) is 0.711. The molecule has 0 saturated heterocycles. The van der Waals surface area contributed by atoms with Crippen LogP contribution in [0.5, 0.6) is 0 Å². The van der Waals surface area contributed by atoms with Crippen LogP contribution in [0.3, 0.4) is 0 Å². The highest BCUT2D eigenvalue weighted by Crippen LogP contribution is 2.16. The molecule has 1 amide bonds. The summed E-state index contributed by atoms with van der Waals surface area (Å²) in [4.78, 5) is 12.1. The Morgan fingerprint density at radius 3 is 3.17 bits per heavy atom. The van der Waals surface area contributed by atoms with Crippen LogP contribution in [0.1, 0.15) is 4.88 Å². The second-order valence-electron chi connectivity index (χ2n) is 2.25. The smallest absolute Gasteiger partial charge is 0.229 e. The van der Waals surface area contributed by atoms with Gasteiger partial charge in [-0.25, -0.2) is 0 Å². The van der Waals surface area contributed by atoms with Gasteiger partial charge in [0.15, 0.2) is 0 Å². The SMILES string of the molecule is CNC(=O)CSCc1cccs1. The van der Waals surface area contributed by atoms with E-state index in [-0.39, 0.29) is 5.91 Å². The molecule has 0 aliphatic rings. The van der Waals surface area contributed by atoms with Crippen molar-refractivity contribution in [3.8, 4) is 0 Å². The Hall–Kier alpha value is -0.480. The molecule has 4 heteroatoms. The van der Waals surface area contributed by atoms with Gasteiger partial charge in [0.2, 0.25) is 5.91 Å². The molecule has 0 aromatic carbocycles. The van der Waals surface area contributed by atoms with E-state index in [2.05, 4.69) is 16.8 Å². The minimum atomic E-state index is 0.0940. The molecule has 0 unspecified atom stereocenters. The monoisotopic (exact) mass is 201 g/mol. The summed E-state index contributed by atoms with van der Waals surface area (Å²) in [6, 6.07) is 4.11. The van der Waals surface area contributed by atoms with E-state index in [1.165, 1.54) is 4.88 Å². The van der Waals surface area contributed by atoms with Crippen molar-refractivity contribution >= 4 is 29.0 Å². The molecule has 0 aliphatic carbocycles. The van der Waals surface area contributed by atoms with Crippen molar-refractivity contribution in [2.75, 3.05) is 12.8 Å². The van der Waals surface area contributed by atoms with Crippen molar-refractivity contribution in [2.45, 2.75) is 5.75 Å². The summed E-state index contributed by atoms with van der Waals surface area (Å²) in [5.74, 6) is 1.58. The second-order valence-corrected chi connectivity index (χ2v) is 4.26. The van der Waals surface area contributed by atoms with Crippen molar-refractivity contribution < 1.29 is 4.79 Å². The van der Waals surface area contributed by atoms with E-state index < -0.39 is 0 Å². The molecule has 0 aliphatic heterocycles. The lowest BCUT2D eigenvalue weighted by Gasteiger charge is -1.97. The van der Waals surface area contributed by atoms with Gasteiger partial charge in [-0.15, -0.1) is 23.1 Å². The maximum atomic E-state index is 10.8. The molecule has 0 spiro atoms. The highest BCUT2D eigenvalue weighted by Gasteiger charge is 1.98. The van der Waals surface area contributed by atoms with Gasteiger partial charge in [0.1, 0.15) is 0 Å². The van der Waals surface area contributed by atoms with Gasteiger partial charge in [-0.1, -0.05) is 6.07 Å². The summed E-state index contributed by atoms with van der Waals surface area (Å²) in [6.45, 7) is 0. The zero-order chi connectivity index (χ0) is 8.81. The summed E-state index contributed by atoms with van der Waals surface area (Å²) >= 11 is 3.37. The number of hydrogen-bond donors (Lipinski definition) is 1. The fourth-order valence-corrected chi connectivity index (χ4v) is 2.45. The van der Waals surface area contributed by atoms with Crippen molar-refractivity contribution in [3.05, 3.63) is 22.4 Å². The first-order valence-corrected chi connectivity index (χ1v) is 5.67. The Balaban J connectivity index is 2.15. The summed E-state index contributed by atoms with van der Waals surface area (Å²) in [6.07, 6.45) is 0. The molecule has 1 rings (SSSR count). The first-order chi connectivity index (χ1) is 5.83. The lowest BCUT2D eigenvalue weighted by atomic mass is 10.5. The lowest BCUT2D eigenvalue weighted by Crippen LogP contribution is -2.19. The zero-order valence-corrected chi connectivity index (χ0v) is 8.50. The number of nitrogens with one attached hydrogen (secondary N) is 1. The van der Waals surface area contributed by atoms with Crippen molar-refractivity contribution in [2.24, 2.45) is 0 Å². The molecule has 2 nitrogen and oxygen atoms in total. The number of hydrogen-bond acceptors (Lipinski definition) is 3. The normalized spacial score (nSPS) is 9.75. The van der Waals surface area contributed by atoms with Crippen LogP contribution in [-0.2, 0) is 10.5 Å². The molecular weight excluding hydrogens is 190 g/mol. The van der Waals surface area contributed by atoms with Gasteiger partial charge in [0, 0.05) is 17.7 Å². The first-order valence-electron chi connectivity index (χ1n) is 3.63. The van der Waals surface area contributed by atoms with Crippen LogP contribution in [0.4, 0.5) is 0 Å². The topological polar surface area (TPSA) is 29.1 Å². The Labute approximate surface area is 80.4 Å². The van der Waals surface area contributed by atoms with Gasteiger partial charge in [-0.3, -0.25) is 4.79 Å². The highest BCUT2D eigenvalue weighted by molar-refractivity contribution is 7.99. The molecule has 0 radical (unpaired) electrons. The van der Waals surface area contributed by atoms with Crippen molar-refractivity contribution in [1.82, 2.24) is 5.32 Å². The van der Waals surface area contributed by atoms with E-state index >= 15 is 0 Å². The van der Waals surface area contributed by atoms with Crippen molar-refractivity contribution in [3.63, 3.8) is 0 Å².